The van der Waals surface area contributed by atoms with Crippen molar-refractivity contribution < 1.29 is 19.2 Å². The van der Waals surface area contributed by atoms with Gasteiger partial charge in [0.25, 0.3) is 5.91 Å². The summed E-state index contributed by atoms with van der Waals surface area (Å²) in [4.78, 5) is 23.0. The quantitative estimate of drug-likeness (QED) is 0.885. The first kappa shape index (κ1) is 15.8. The van der Waals surface area contributed by atoms with Crippen LogP contribution in [-0.2, 0) is 4.79 Å². The lowest BCUT2D eigenvalue weighted by atomic mass is 9.94. The van der Waals surface area contributed by atoms with E-state index in [1.54, 1.807) is 0 Å². The number of carboxylic acid groups (broad SMARTS) is 1. The summed E-state index contributed by atoms with van der Waals surface area (Å²) in [6.07, 6.45) is 0. The Labute approximate surface area is 128 Å². The van der Waals surface area contributed by atoms with Crippen LogP contribution in [0.25, 0.3) is 11.3 Å². The maximum Gasteiger partial charge on any atom is 0.310 e. The molecule has 0 aliphatic rings. The smallest absolute Gasteiger partial charge is 0.310 e. The molecule has 0 fully saturated rings. The molecule has 0 saturated heterocycles. The topological polar surface area (TPSA) is 92.4 Å². The Morgan fingerprint density at radius 3 is 2.50 bits per heavy atom. The first-order valence-electron chi connectivity index (χ1n) is 6.85. The van der Waals surface area contributed by atoms with Gasteiger partial charge in [-0.3, -0.25) is 9.59 Å². The van der Waals surface area contributed by atoms with E-state index < -0.39 is 17.3 Å². The highest BCUT2D eigenvalue weighted by molar-refractivity contribution is 5.92. The third-order valence-corrected chi connectivity index (χ3v) is 3.35. The van der Waals surface area contributed by atoms with E-state index in [9.17, 15) is 9.59 Å². The predicted molar refractivity (Wildman–Crippen MR) is 80.4 cm³/mol. The van der Waals surface area contributed by atoms with E-state index in [4.69, 9.17) is 9.63 Å². The number of benzene rings is 1. The Hall–Kier alpha value is -2.63. The van der Waals surface area contributed by atoms with Crippen LogP contribution in [0.4, 0.5) is 0 Å². The third-order valence-electron chi connectivity index (χ3n) is 3.35. The maximum absolute atomic E-state index is 12.0. The number of aryl methyl sites for hydroxylation is 1. The molecular formula is C16H18N2O4. The van der Waals surface area contributed by atoms with Crippen molar-refractivity contribution in [3.63, 3.8) is 0 Å². The second-order valence-electron chi connectivity index (χ2n) is 5.81. The number of carboxylic acids is 1. The monoisotopic (exact) mass is 302 g/mol. The van der Waals surface area contributed by atoms with Crippen molar-refractivity contribution >= 4 is 11.9 Å². The number of hydrogen-bond donors (Lipinski definition) is 2. The molecular weight excluding hydrogens is 284 g/mol. The van der Waals surface area contributed by atoms with E-state index in [1.165, 1.54) is 19.9 Å². The number of amides is 1. The summed E-state index contributed by atoms with van der Waals surface area (Å²) in [5.74, 6) is -1.41. The van der Waals surface area contributed by atoms with E-state index in [0.717, 1.165) is 11.1 Å². The molecule has 2 rings (SSSR count). The lowest BCUT2D eigenvalue weighted by molar-refractivity contribution is -0.146. The van der Waals surface area contributed by atoms with Gasteiger partial charge in [0.2, 0.25) is 5.76 Å². The molecule has 2 N–H and O–H groups in total. The summed E-state index contributed by atoms with van der Waals surface area (Å²) in [6.45, 7) is 5.05. The maximum atomic E-state index is 12.0. The molecule has 0 bridgehead atoms. The Kier molecular flexibility index (Phi) is 4.30. The van der Waals surface area contributed by atoms with Crippen LogP contribution >= 0.6 is 0 Å². The summed E-state index contributed by atoms with van der Waals surface area (Å²) in [5, 5.41) is 15.4. The van der Waals surface area contributed by atoms with Gasteiger partial charge in [-0.15, -0.1) is 0 Å². The number of nitrogens with zero attached hydrogens (tertiary/aromatic N) is 1. The van der Waals surface area contributed by atoms with E-state index >= 15 is 0 Å². The van der Waals surface area contributed by atoms with Crippen LogP contribution in [0.2, 0.25) is 0 Å². The van der Waals surface area contributed by atoms with Crippen LogP contribution < -0.4 is 5.32 Å². The largest absolute Gasteiger partial charge is 0.481 e. The number of carbonyl (C=O) groups excluding carboxylic acids is 1. The number of aliphatic carboxylic acids is 1. The molecule has 22 heavy (non-hydrogen) atoms. The first-order valence-corrected chi connectivity index (χ1v) is 6.85. The molecule has 6 heteroatoms. The fraction of sp³-hybridized carbons (Fsp3) is 0.312. The van der Waals surface area contributed by atoms with Gasteiger partial charge in [-0.1, -0.05) is 35.0 Å². The van der Waals surface area contributed by atoms with Gasteiger partial charge in [0.1, 0.15) is 5.69 Å². The van der Waals surface area contributed by atoms with Gasteiger partial charge in [0, 0.05) is 18.2 Å². The molecule has 0 saturated carbocycles. The molecule has 1 amide bonds. The van der Waals surface area contributed by atoms with Crippen LogP contribution in [0.3, 0.4) is 0 Å². The molecule has 116 valence electrons. The van der Waals surface area contributed by atoms with E-state index in [2.05, 4.69) is 10.5 Å². The molecule has 0 radical (unpaired) electrons. The minimum absolute atomic E-state index is 0.00172. The van der Waals surface area contributed by atoms with Crippen molar-refractivity contribution in [3.05, 3.63) is 41.7 Å². The summed E-state index contributed by atoms with van der Waals surface area (Å²) in [6, 6.07) is 9.21. The number of nitrogens with one attached hydrogen (secondary N) is 1. The summed E-state index contributed by atoms with van der Waals surface area (Å²) >= 11 is 0. The van der Waals surface area contributed by atoms with Crippen LogP contribution in [-0.4, -0.2) is 28.7 Å². The minimum atomic E-state index is -1.05. The van der Waals surface area contributed by atoms with Crippen LogP contribution in [0, 0.1) is 12.3 Å². The minimum Gasteiger partial charge on any atom is -0.481 e. The molecule has 0 aliphatic carbocycles. The standard InChI is InChI=1S/C16H18N2O4/c1-10-4-6-11(7-5-10)12-8-13(22-18-12)14(19)17-9-16(2,3)15(20)21/h4-8H,9H2,1-3H3,(H,17,19)(H,20,21). The highest BCUT2D eigenvalue weighted by Crippen LogP contribution is 2.20. The van der Waals surface area contributed by atoms with Gasteiger partial charge in [-0.05, 0) is 20.8 Å². The number of hydrogen-bond acceptors (Lipinski definition) is 4. The summed E-state index contributed by atoms with van der Waals surface area (Å²) in [5.41, 5.74) is 1.48. The number of rotatable bonds is 5. The van der Waals surface area contributed by atoms with Crippen molar-refractivity contribution in [2.24, 2.45) is 5.41 Å². The average Bonchev–Trinajstić information content (AvgIpc) is 2.95. The van der Waals surface area contributed by atoms with Gasteiger partial charge in [-0.25, -0.2) is 0 Å². The van der Waals surface area contributed by atoms with Gasteiger partial charge in [0.05, 0.1) is 5.41 Å². The molecule has 0 spiro atoms. The second kappa shape index (κ2) is 6.01. The van der Waals surface area contributed by atoms with Crippen molar-refractivity contribution in [1.82, 2.24) is 10.5 Å². The molecule has 0 unspecified atom stereocenters. The Morgan fingerprint density at radius 2 is 1.91 bits per heavy atom. The van der Waals surface area contributed by atoms with Crippen molar-refractivity contribution in [3.8, 4) is 11.3 Å². The van der Waals surface area contributed by atoms with Gasteiger partial charge < -0.3 is 14.9 Å². The molecule has 1 aromatic carbocycles. The van der Waals surface area contributed by atoms with Gasteiger partial charge in [0.15, 0.2) is 0 Å². The Bertz CT molecular complexity index is 686. The lowest BCUT2D eigenvalue weighted by Crippen LogP contribution is -2.38. The van der Waals surface area contributed by atoms with E-state index in [-0.39, 0.29) is 12.3 Å². The highest BCUT2D eigenvalue weighted by Gasteiger charge is 2.28. The highest BCUT2D eigenvalue weighted by atomic mass is 16.5. The zero-order valence-corrected chi connectivity index (χ0v) is 12.7. The van der Waals surface area contributed by atoms with Crippen molar-refractivity contribution in [2.75, 3.05) is 6.54 Å². The molecule has 6 nitrogen and oxygen atoms in total. The number of aromatic nitrogens is 1. The van der Waals surface area contributed by atoms with E-state index in [1.807, 2.05) is 31.2 Å². The Balaban J connectivity index is 2.06. The fourth-order valence-electron chi connectivity index (χ4n) is 1.71. The van der Waals surface area contributed by atoms with Gasteiger partial charge in [-0.2, -0.15) is 0 Å². The normalized spacial score (nSPS) is 11.2. The second-order valence-corrected chi connectivity index (χ2v) is 5.81. The summed E-state index contributed by atoms with van der Waals surface area (Å²) < 4.78 is 5.03. The zero-order chi connectivity index (χ0) is 16.3. The van der Waals surface area contributed by atoms with Crippen LogP contribution in [0.15, 0.2) is 34.9 Å². The lowest BCUT2D eigenvalue weighted by Gasteiger charge is -2.18. The SMILES string of the molecule is Cc1ccc(-c2cc(C(=O)NCC(C)(C)C(=O)O)on2)cc1. The molecule has 1 heterocycles. The predicted octanol–water partition coefficient (Wildman–Crippen LogP) is 2.49. The zero-order valence-electron chi connectivity index (χ0n) is 12.7. The summed E-state index contributed by atoms with van der Waals surface area (Å²) in [7, 11) is 0. The van der Waals surface area contributed by atoms with Gasteiger partial charge >= 0.3 is 5.97 Å². The molecule has 1 aromatic heterocycles. The van der Waals surface area contributed by atoms with Crippen molar-refractivity contribution in [1.29, 1.82) is 0 Å². The number of carbonyl (C=O) groups is 2. The van der Waals surface area contributed by atoms with E-state index in [0.29, 0.717) is 5.69 Å². The van der Waals surface area contributed by atoms with Crippen molar-refractivity contribution in [2.45, 2.75) is 20.8 Å². The molecule has 2 aromatic rings. The molecule has 0 atom stereocenters. The first-order chi connectivity index (χ1) is 10.3. The van der Waals surface area contributed by atoms with Crippen LogP contribution in [0.5, 0.6) is 0 Å². The average molecular weight is 302 g/mol. The fourth-order valence-corrected chi connectivity index (χ4v) is 1.71. The molecule has 0 aliphatic heterocycles. The van der Waals surface area contributed by atoms with Crippen LogP contribution in [0.1, 0.15) is 30.0 Å². The third kappa shape index (κ3) is 3.52. The Morgan fingerprint density at radius 1 is 1.27 bits per heavy atom.